The third kappa shape index (κ3) is 4.91. The van der Waals surface area contributed by atoms with Crippen LogP contribution in [0.25, 0.3) is 11.1 Å². The first-order chi connectivity index (χ1) is 14.8. The Kier molecular flexibility index (Phi) is 7.01. The van der Waals surface area contributed by atoms with Crippen LogP contribution in [0.5, 0.6) is 5.75 Å². The average Bonchev–Trinajstić information content (AvgIpc) is 2.79. The molecular weight excluding hydrogens is 427 g/mol. The molecule has 2 aromatic rings. The van der Waals surface area contributed by atoms with Crippen molar-refractivity contribution in [3.8, 4) is 16.9 Å². The molecule has 1 aliphatic heterocycles. The second-order valence-corrected chi connectivity index (χ2v) is 8.49. The molecule has 1 unspecified atom stereocenters. The highest BCUT2D eigenvalue weighted by molar-refractivity contribution is 7.82. The fraction of sp³-hybridized carbons (Fsp3) is 0.381. The molecule has 1 saturated heterocycles. The lowest BCUT2D eigenvalue weighted by Crippen LogP contribution is -2.47. The molecule has 31 heavy (non-hydrogen) atoms. The van der Waals surface area contributed by atoms with E-state index in [0.29, 0.717) is 21.8 Å². The van der Waals surface area contributed by atoms with Crippen molar-refractivity contribution in [2.24, 2.45) is 0 Å². The van der Waals surface area contributed by atoms with Crippen molar-refractivity contribution < 1.29 is 27.8 Å². The van der Waals surface area contributed by atoms with Gasteiger partial charge in [-0.05, 0) is 30.7 Å². The van der Waals surface area contributed by atoms with Gasteiger partial charge in [-0.1, -0.05) is 12.1 Å². The number of hydrogen-bond donors (Lipinski definition) is 0. The maximum atomic E-state index is 14.9. The van der Waals surface area contributed by atoms with Crippen LogP contribution in [0.2, 0.25) is 0 Å². The van der Waals surface area contributed by atoms with Gasteiger partial charge in [-0.3, -0.25) is 10.1 Å². The van der Waals surface area contributed by atoms with Crippen LogP contribution in [0.3, 0.4) is 0 Å². The van der Waals surface area contributed by atoms with Crippen LogP contribution in [0.4, 0.5) is 10.1 Å². The van der Waals surface area contributed by atoms with Crippen LogP contribution in [-0.4, -0.2) is 51.9 Å². The molecule has 8 nitrogen and oxygen atoms in total. The number of halogens is 1. The van der Waals surface area contributed by atoms with E-state index in [9.17, 15) is 23.5 Å². The summed E-state index contributed by atoms with van der Waals surface area (Å²) in [7, 11) is -0.205. The summed E-state index contributed by atoms with van der Waals surface area (Å²) in [5, 5.41) is 11.3. The molecule has 3 rings (SSSR count). The van der Waals surface area contributed by atoms with Gasteiger partial charge in [-0.15, -0.1) is 0 Å². The third-order valence-electron chi connectivity index (χ3n) is 5.13. The summed E-state index contributed by atoms with van der Waals surface area (Å²) in [5.74, 6) is -0.344. The van der Waals surface area contributed by atoms with Crippen LogP contribution in [0, 0.1) is 10.1 Å². The van der Waals surface area contributed by atoms with E-state index < -0.39 is 27.5 Å². The molecule has 1 fully saturated rings. The van der Waals surface area contributed by atoms with E-state index >= 15 is 0 Å². The Hall–Kier alpha value is -2.85. The number of carbonyl (C=O) groups is 1. The Balaban J connectivity index is 1.91. The molecule has 0 bridgehead atoms. The Bertz CT molecular complexity index is 1010. The van der Waals surface area contributed by atoms with Gasteiger partial charge in [-0.2, -0.15) is 0 Å². The second kappa shape index (κ2) is 9.52. The number of hydrogen-bond acceptors (Lipinski definition) is 6. The number of benzene rings is 2. The largest absolute Gasteiger partial charge is 0.497 e. The minimum Gasteiger partial charge on any atom is -0.497 e. The predicted octanol–water partition coefficient (Wildman–Crippen LogP) is 3.66. The molecule has 0 N–H and O–H groups in total. The fourth-order valence-electron chi connectivity index (χ4n) is 3.41. The summed E-state index contributed by atoms with van der Waals surface area (Å²) in [6.45, 7) is 1.86. The van der Waals surface area contributed by atoms with Gasteiger partial charge in [0.05, 0.1) is 23.5 Å². The molecule has 1 aliphatic rings. The smallest absolute Gasteiger partial charge is 0.343 e. The molecular formula is C21H23FN2O6S. The van der Waals surface area contributed by atoms with Gasteiger partial charge in [0, 0.05) is 43.6 Å². The van der Waals surface area contributed by atoms with Crippen molar-refractivity contribution in [1.82, 2.24) is 4.31 Å². The lowest BCUT2D eigenvalue weighted by atomic mass is 9.95. The van der Waals surface area contributed by atoms with Crippen molar-refractivity contribution in [3.05, 3.63) is 52.6 Å². The zero-order valence-electron chi connectivity index (χ0n) is 17.2. The van der Waals surface area contributed by atoms with E-state index in [1.54, 1.807) is 35.5 Å². The maximum absolute atomic E-state index is 14.9. The van der Waals surface area contributed by atoms with E-state index in [1.165, 1.54) is 25.3 Å². The summed E-state index contributed by atoms with van der Waals surface area (Å²) in [6, 6.07) is 11.0. The SMILES string of the molecule is CCOC(=O)C1(F)CCN(S(=O)c2ccc([N+](=O)[O-])cc2-c2cccc(OC)c2)CC1. The minimum atomic E-state index is -2.10. The standard InChI is InChI=1S/C21H23FN2O6S/c1-3-30-20(25)21(22)9-11-23(12-10-21)31(28)19-8-7-16(24(26)27)14-18(19)15-5-4-6-17(13-15)29-2/h4-8,13-14H,3,9-12H2,1-2H3. The van der Waals surface area contributed by atoms with Crippen LogP contribution in [0.15, 0.2) is 47.4 Å². The summed E-state index contributed by atoms with van der Waals surface area (Å²) in [6.07, 6.45) is -0.280. The molecule has 1 atom stereocenters. The van der Waals surface area contributed by atoms with E-state index in [2.05, 4.69) is 0 Å². The number of non-ortho nitro benzene ring substituents is 1. The van der Waals surface area contributed by atoms with Crippen molar-refractivity contribution in [2.45, 2.75) is 30.3 Å². The molecule has 0 aromatic heterocycles. The first-order valence-corrected chi connectivity index (χ1v) is 10.9. The number of methoxy groups -OCH3 is 1. The lowest BCUT2D eigenvalue weighted by Gasteiger charge is -2.34. The fourth-order valence-corrected chi connectivity index (χ4v) is 4.75. The maximum Gasteiger partial charge on any atom is 0.343 e. The number of alkyl halides is 1. The zero-order chi connectivity index (χ0) is 22.6. The second-order valence-electron chi connectivity index (χ2n) is 7.03. The predicted molar refractivity (Wildman–Crippen MR) is 113 cm³/mol. The van der Waals surface area contributed by atoms with Gasteiger partial charge in [0.15, 0.2) is 0 Å². The summed E-state index contributed by atoms with van der Waals surface area (Å²) in [4.78, 5) is 23.0. The van der Waals surface area contributed by atoms with Crippen molar-refractivity contribution in [1.29, 1.82) is 0 Å². The molecule has 166 valence electrons. The Morgan fingerprint density at radius 1 is 1.26 bits per heavy atom. The number of ether oxygens (including phenoxy) is 2. The highest BCUT2D eigenvalue weighted by atomic mass is 32.2. The quantitative estimate of drug-likeness (QED) is 0.363. The van der Waals surface area contributed by atoms with Crippen molar-refractivity contribution >= 4 is 22.6 Å². The van der Waals surface area contributed by atoms with Crippen LogP contribution < -0.4 is 4.74 Å². The number of esters is 1. The minimum absolute atomic E-state index is 0.0798. The van der Waals surface area contributed by atoms with Gasteiger partial charge in [0.2, 0.25) is 5.67 Å². The van der Waals surface area contributed by atoms with Crippen LogP contribution in [0.1, 0.15) is 19.8 Å². The number of rotatable bonds is 7. The summed E-state index contributed by atoms with van der Waals surface area (Å²) < 4.78 is 39.8. The molecule has 10 heteroatoms. The van der Waals surface area contributed by atoms with E-state index in [1.807, 2.05) is 0 Å². The van der Waals surface area contributed by atoms with E-state index in [0.717, 1.165) is 0 Å². The topological polar surface area (TPSA) is 99.0 Å². The lowest BCUT2D eigenvalue weighted by molar-refractivity contribution is -0.384. The Labute approximate surface area is 181 Å². The normalized spacial score (nSPS) is 17.0. The van der Waals surface area contributed by atoms with Crippen molar-refractivity contribution in [3.63, 3.8) is 0 Å². The molecule has 0 amide bonds. The third-order valence-corrected chi connectivity index (χ3v) is 6.70. The van der Waals surface area contributed by atoms with E-state index in [4.69, 9.17) is 9.47 Å². The average molecular weight is 450 g/mol. The molecule has 2 aromatic carbocycles. The number of piperidine rings is 1. The van der Waals surface area contributed by atoms with Gasteiger partial charge in [0.1, 0.15) is 16.7 Å². The van der Waals surface area contributed by atoms with Gasteiger partial charge in [-0.25, -0.2) is 17.7 Å². The number of carbonyl (C=O) groups excluding carboxylic acids is 1. The highest BCUT2D eigenvalue weighted by Gasteiger charge is 2.44. The molecule has 0 aliphatic carbocycles. The molecule has 0 spiro atoms. The number of nitrogens with zero attached hydrogens (tertiary/aromatic N) is 2. The van der Waals surface area contributed by atoms with Crippen LogP contribution in [-0.2, 0) is 20.5 Å². The molecule has 0 radical (unpaired) electrons. The van der Waals surface area contributed by atoms with Crippen LogP contribution >= 0.6 is 0 Å². The first-order valence-electron chi connectivity index (χ1n) is 9.75. The first kappa shape index (κ1) is 22.8. The highest BCUT2D eigenvalue weighted by Crippen LogP contribution is 2.35. The zero-order valence-corrected chi connectivity index (χ0v) is 18.0. The summed E-state index contributed by atoms with van der Waals surface area (Å²) in [5.41, 5.74) is -1.20. The molecule has 1 heterocycles. The Morgan fingerprint density at radius 3 is 2.58 bits per heavy atom. The Morgan fingerprint density at radius 2 is 1.97 bits per heavy atom. The number of nitro benzene ring substituents is 1. The van der Waals surface area contributed by atoms with Gasteiger partial charge in [0.25, 0.3) is 5.69 Å². The van der Waals surface area contributed by atoms with E-state index in [-0.39, 0.29) is 38.2 Å². The number of nitro groups is 1. The molecule has 0 saturated carbocycles. The van der Waals surface area contributed by atoms with Gasteiger partial charge < -0.3 is 9.47 Å². The van der Waals surface area contributed by atoms with Crippen molar-refractivity contribution in [2.75, 3.05) is 26.8 Å². The van der Waals surface area contributed by atoms with Gasteiger partial charge >= 0.3 is 5.97 Å². The monoisotopic (exact) mass is 450 g/mol. The summed E-state index contributed by atoms with van der Waals surface area (Å²) >= 11 is 0.